The average Bonchev–Trinajstić information content (AvgIpc) is 2.53. The molecule has 2 aromatic rings. The second-order valence-electron chi connectivity index (χ2n) is 4.75. The van der Waals surface area contributed by atoms with E-state index < -0.39 is 0 Å². The van der Waals surface area contributed by atoms with E-state index in [9.17, 15) is 9.18 Å². The topological polar surface area (TPSA) is 38.3 Å². The van der Waals surface area contributed by atoms with E-state index in [1.165, 1.54) is 19.2 Å². The molecule has 1 N–H and O–H groups in total. The highest BCUT2D eigenvalue weighted by molar-refractivity contribution is 5.70. The molecule has 2 aromatic carbocycles. The lowest BCUT2D eigenvalue weighted by Gasteiger charge is -2.18. The van der Waals surface area contributed by atoms with Crippen molar-refractivity contribution in [1.82, 2.24) is 5.32 Å². The normalized spacial score (nSPS) is 11.9. The maximum Gasteiger partial charge on any atom is 0.307 e. The minimum atomic E-state index is -0.301. The summed E-state index contributed by atoms with van der Waals surface area (Å²) in [6, 6.07) is 15.8. The number of hydrogen-bond donors (Lipinski definition) is 1. The Morgan fingerprint density at radius 1 is 1.14 bits per heavy atom. The van der Waals surface area contributed by atoms with Gasteiger partial charge in [0.2, 0.25) is 0 Å². The smallest absolute Gasteiger partial charge is 0.307 e. The van der Waals surface area contributed by atoms with Crippen LogP contribution in [0.2, 0.25) is 0 Å². The molecule has 0 aliphatic heterocycles. The summed E-state index contributed by atoms with van der Waals surface area (Å²) in [7, 11) is 1.36. The highest BCUT2D eigenvalue weighted by Gasteiger charge is 2.16. The summed E-state index contributed by atoms with van der Waals surface area (Å²) in [4.78, 5) is 11.5. The number of benzene rings is 2. The number of nitrogens with one attached hydrogen (secondary N) is 1. The lowest BCUT2D eigenvalue weighted by atomic mass is 10.0. The van der Waals surface area contributed by atoms with Gasteiger partial charge in [-0.15, -0.1) is 0 Å². The molecule has 0 aliphatic rings. The summed E-state index contributed by atoms with van der Waals surface area (Å²) in [5.41, 5.74) is 1.98. The maximum absolute atomic E-state index is 13.0. The number of hydrogen-bond acceptors (Lipinski definition) is 3. The SMILES string of the molecule is COC(=O)CC(NCc1ccccc1)c1ccc(F)cc1. The van der Waals surface area contributed by atoms with Crippen molar-refractivity contribution in [3.8, 4) is 0 Å². The molecule has 4 heteroatoms. The summed E-state index contributed by atoms with van der Waals surface area (Å²) in [5, 5.41) is 3.31. The lowest BCUT2D eigenvalue weighted by molar-refractivity contribution is -0.141. The van der Waals surface area contributed by atoms with Gasteiger partial charge in [-0.2, -0.15) is 0 Å². The van der Waals surface area contributed by atoms with E-state index in [0.29, 0.717) is 6.54 Å². The van der Waals surface area contributed by atoms with Crippen LogP contribution in [0.25, 0.3) is 0 Å². The van der Waals surface area contributed by atoms with E-state index in [2.05, 4.69) is 5.32 Å². The van der Waals surface area contributed by atoms with Gasteiger partial charge in [0.05, 0.1) is 13.5 Å². The Balaban J connectivity index is 2.08. The molecule has 1 unspecified atom stereocenters. The molecule has 0 fully saturated rings. The number of halogens is 1. The van der Waals surface area contributed by atoms with Gasteiger partial charge in [-0.25, -0.2) is 4.39 Å². The van der Waals surface area contributed by atoms with Gasteiger partial charge in [-0.05, 0) is 23.3 Å². The first-order chi connectivity index (χ1) is 10.2. The van der Waals surface area contributed by atoms with E-state index in [1.54, 1.807) is 12.1 Å². The second kappa shape index (κ2) is 7.55. The van der Waals surface area contributed by atoms with Crippen LogP contribution in [0.15, 0.2) is 54.6 Å². The molecule has 0 radical (unpaired) electrons. The molecule has 3 nitrogen and oxygen atoms in total. The van der Waals surface area contributed by atoms with E-state index in [4.69, 9.17) is 4.74 Å². The Morgan fingerprint density at radius 2 is 1.81 bits per heavy atom. The van der Waals surface area contributed by atoms with Gasteiger partial charge >= 0.3 is 5.97 Å². The minimum Gasteiger partial charge on any atom is -0.469 e. The van der Waals surface area contributed by atoms with Crippen molar-refractivity contribution < 1.29 is 13.9 Å². The summed E-state index contributed by atoms with van der Waals surface area (Å²) >= 11 is 0. The van der Waals surface area contributed by atoms with Gasteiger partial charge < -0.3 is 10.1 Å². The molecular weight excluding hydrogens is 269 g/mol. The Labute approximate surface area is 123 Å². The first kappa shape index (κ1) is 15.2. The first-order valence-electron chi connectivity index (χ1n) is 6.78. The van der Waals surface area contributed by atoms with Crippen LogP contribution in [0, 0.1) is 5.82 Å². The van der Waals surface area contributed by atoms with Crippen molar-refractivity contribution in [2.24, 2.45) is 0 Å². The molecule has 0 aromatic heterocycles. The number of methoxy groups -OCH3 is 1. The van der Waals surface area contributed by atoms with Crippen LogP contribution in [0.4, 0.5) is 4.39 Å². The summed E-state index contributed by atoms with van der Waals surface area (Å²) in [6.45, 7) is 0.625. The van der Waals surface area contributed by atoms with E-state index in [1.807, 2.05) is 30.3 Å². The quantitative estimate of drug-likeness (QED) is 0.829. The molecule has 2 rings (SSSR count). The van der Waals surface area contributed by atoms with Crippen LogP contribution in [0.5, 0.6) is 0 Å². The van der Waals surface area contributed by atoms with Crippen LogP contribution < -0.4 is 5.32 Å². The van der Waals surface area contributed by atoms with Gasteiger partial charge in [0.1, 0.15) is 5.82 Å². The fraction of sp³-hybridized carbons (Fsp3) is 0.235. The number of carbonyl (C=O) groups excluding carboxylic acids is 1. The molecular formula is C17H18FNO2. The van der Waals surface area contributed by atoms with Gasteiger partial charge in [0.25, 0.3) is 0 Å². The monoisotopic (exact) mass is 287 g/mol. The van der Waals surface area contributed by atoms with Crippen molar-refractivity contribution in [2.75, 3.05) is 7.11 Å². The molecule has 0 bridgehead atoms. The predicted molar refractivity (Wildman–Crippen MR) is 79.1 cm³/mol. The zero-order chi connectivity index (χ0) is 15.1. The van der Waals surface area contributed by atoms with Crippen molar-refractivity contribution >= 4 is 5.97 Å². The molecule has 0 saturated heterocycles. The van der Waals surface area contributed by atoms with Crippen molar-refractivity contribution in [3.63, 3.8) is 0 Å². The molecule has 0 saturated carbocycles. The van der Waals surface area contributed by atoms with Crippen LogP contribution in [0.3, 0.4) is 0 Å². The maximum atomic E-state index is 13.0. The molecule has 0 amide bonds. The summed E-state index contributed by atoms with van der Waals surface area (Å²) < 4.78 is 17.7. The number of carbonyl (C=O) groups is 1. The van der Waals surface area contributed by atoms with Crippen molar-refractivity contribution in [2.45, 2.75) is 19.0 Å². The predicted octanol–water partition coefficient (Wildman–Crippen LogP) is 3.22. The third-order valence-electron chi connectivity index (χ3n) is 3.27. The second-order valence-corrected chi connectivity index (χ2v) is 4.75. The number of ether oxygens (including phenoxy) is 1. The fourth-order valence-corrected chi connectivity index (χ4v) is 2.09. The number of rotatable bonds is 6. The van der Waals surface area contributed by atoms with Crippen LogP contribution >= 0.6 is 0 Å². The Kier molecular flexibility index (Phi) is 5.46. The third kappa shape index (κ3) is 4.68. The molecule has 110 valence electrons. The van der Waals surface area contributed by atoms with Gasteiger partial charge in [-0.1, -0.05) is 42.5 Å². The first-order valence-corrected chi connectivity index (χ1v) is 6.78. The molecule has 0 spiro atoms. The molecule has 1 atom stereocenters. The third-order valence-corrected chi connectivity index (χ3v) is 3.27. The van der Waals surface area contributed by atoms with E-state index >= 15 is 0 Å². The van der Waals surface area contributed by atoms with Crippen LogP contribution in [-0.4, -0.2) is 13.1 Å². The highest BCUT2D eigenvalue weighted by Crippen LogP contribution is 2.18. The van der Waals surface area contributed by atoms with E-state index in [0.717, 1.165) is 11.1 Å². The Bertz CT molecular complexity index is 569. The average molecular weight is 287 g/mol. The summed E-state index contributed by atoms with van der Waals surface area (Å²) in [6.07, 6.45) is 0.203. The Hall–Kier alpha value is -2.20. The zero-order valence-corrected chi connectivity index (χ0v) is 11.9. The fourth-order valence-electron chi connectivity index (χ4n) is 2.09. The molecule has 0 aliphatic carbocycles. The van der Waals surface area contributed by atoms with Crippen LogP contribution in [0.1, 0.15) is 23.6 Å². The van der Waals surface area contributed by atoms with Crippen molar-refractivity contribution in [3.05, 3.63) is 71.5 Å². The largest absolute Gasteiger partial charge is 0.469 e. The van der Waals surface area contributed by atoms with Crippen LogP contribution in [-0.2, 0) is 16.1 Å². The van der Waals surface area contributed by atoms with Gasteiger partial charge in [0.15, 0.2) is 0 Å². The molecule has 21 heavy (non-hydrogen) atoms. The molecule has 0 heterocycles. The minimum absolute atomic E-state index is 0.203. The van der Waals surface area contributed by atoms with Gasteiger partial charge in [-0.3, -0.25) is 4.79 Å². The Morgan fingerprint density at radius 3 is 2.43 bits per heavy atom. The summed E-state index contributed by atoms with van der Waals surface area (Å²) in [5.74, 6) is -0.594. The standard InChI is InChI=1S/C17H18FNO2/c1-21-17(20)11-16(14-7-9-15(18)10-8-14)19-12-13-5-3-2-4-6-13/h2-10,16,19H,11-12H2,1H3. The van der Waals surface area contributed by atoms with E-state index in [-0.39, 0.29) is 24.2 Å². The lowest BCUT2D eigenvalue weighted by Crippen LogP contribution is -2.24. The zero-order valence-electron chi connectivity index (χ0n) is 11.9. The number of esters is 1. The highest BCUT2D eigenvalue weighted by atomic mass is 19.1. The van der Waals surface area contributed by atoms with Crippen molar-refractivity contribution in [1.29, 1.82) is 0 Å². The van der Waals surface area contributed by atoms with Gasteiger partial charge in [0, 0.05) is 12.6 Å².